The molecule has 1 N–H and O–H groups in total. The van der Waals surface area contributed by atoms with Crippen molar-refractivity contribution in [1.82, 2.24) is 5.32 Å². The average Bonchev–Trinajstić information content (AvgIpc) is 2.92. The molecule has 4 nitrogen and oxygen atoms in total. The lowest BCUT2D eigenvalue weighted by Crippen LogP contribution is -2.43. The van der Waals surface area contributed by atoms with E-state index in [0.717, 1.165) is 44.8 Å². The van der Waals surface area contributed by atoms with Gasteiger partial charge in [-0.15, -0.1) is 0 Å². The third-order valence-electron chi connectivity index (χ3n) is 4.32. The molecule has 0 aromatic heterocycles. The highest BCUT2D eigenvalue weighted by Gasteiger charge is 2.23. The predicted octanol–water partition coefficient (Wildman–Crippen LogP) is 2.35. The van der Waals surface area contributed by atoms with Gasteiger partial charge in [0.25, 0.3) is 0 Å². The van der Waals surface area contributed by atoms with E-state index in [1.54, 1.807) is 0 Å². The summed E-state index contributed by atoms with van der Waals surface area (Å²) < 4.78 is 11.9. The summed E-state index contributed by atoms with van der Waals surface area (Å²) in [6, 6.07) is 6.46. The normalized spacial score (nSPS) is 26.1. The molecule has 116 valence electrons. The second kappa shape index (κ2) is 6.67. The molecule has 2 atom stereocenters. The van der Waals surface area contributed by atoms with Crippen LogP contribution in [-0.2, 0) is 4.74 Å². The number of anilines is 1. The maximum Gasteiger partial charge on any atom is 0.142 e. The Morgan fingerprint density at radius 1 is 1.29 bits per heavy atom. The number of ether oxygens (including phenoxy) is 2. The second-order valence-electron chi connectivity index (χ2n) is 6.17. The SMILES string of the molecule is Cc1ccc(OCC2CCC(C)O2)c(N2CCNCC2)c1. The van der Waals surface area contributed by atoms with Crippen molar-refractivity contribution in [3.63, 3.8) is 0 Å². The van der Waals surface area contributed by atoms with Crippen LogP contribution < -0.4 is 15.0 Å². The van der Waals surface area contributed by atoms with E-state index in [9.17, 15) is 0 Å². The van der Waals surface area contributed by atoms with Crippen LogP contribution >= 0.6 is 0 Å². The molecule has 3 rings (SSSR count). The number of aryl methyl sites for hydroxylation is 1. The van der Waals surface area contributed by atoms with Gasteiger partial charge in [-0.25, -0.2) is 0 Å². The van der Waals surface area contributed by atoms with E-state index in [2.05, 4.69) is 42.3 Å². The van der Waals surface area contributed by atoms with Crippen LogP contribution in [0.1, 0.15) is 25.3 Å². The fourth-order valence-electron chi connectivity index (χ4n) is 3.09. The number of hydrogen-bond acceptors (Lipinski definition) is 4. The summed E-state index contributed by atoms with van der Waals surface area (Å²) in [6.07, 6.45) is 2.88. The van der Waals surface area contributed by atoms with Gasteiger partial charge < -0.3 is 19.7 Å². The van der Waals surface area contributed by atoms with E-state index in [0.29, 0.717) is 12.7 Å². The third kappa shape index (κ3) is 3.69. The largest absolute Gasteiger partial charge is 0.489 e. The van der Waals surface area contributed by atoms with Gasteiger partial charge in [0, 0.05) is 26.2 Å². The molecule has 2 saturated heterocycles. The van der Waals surface area contributed by atoms with E-state index in [4.69, 9.17) is 9.47 Å². The highest BCUT2D eigenvalue weighted by Crippen LogP contribution is 2.31. The average molecular weight is 290 g/mol. The number of nitrogens with zero attached hydrogens (tertiary/aromatic N) is 1. The maximum atomic E-state index is 6.09. The Morgan fingerprint density at radius 2 is 2.10 bits per heavy atom. The van der Waals surface area contributed by atoms with E-state index in [1.807, 2.05) is 0 Å². The van der Waals surface area contributed by atoms with Crippen molar-refractivity contribution in [2.75, 3.05) is 37.7 Å². The van der Waals surface area contributed by atoms with Gasteiger partial charge in [0.15, 0.2) is 0 Å². The molecule has 0 bridgehead atoms. The van der Waals surface area contributed by atoms with Crippen LogP contribution in [0.3, 0.4) is 0 Å². The van der Waals surface area contributed by atoms with Crippen molar-refractivity contribution < 1.29 is 9.47 Å². The van der Waals surface area contributed by atoms with Gasteiger partial charge >= 0.3 is 0 Å². The molecule has 2 heterocycles. The Kier molecular flexibility index (Phi) is 4.66. The van der Waals surface area contributed by atoms with Gasteiger partial charge in [0.2, 0.25) is 0 Å². The fourth-order valence-corrected chi connectivity index (χ4v) is 3.09. The Bertz CT molecular complexity index is 472. The van der Waals surface area contributed by atoms with Crippen molar-refractivity contribution in [2.45, 2.75) is 38.9 Å². The van der Waals surface area contributed by atoms with Crippen LogP contribution in [0.5, 0.6) is 5.75 Å². The van der Waals surface area contributed by atoms with Crippen molar-refractivity contribution in [2.24, 2.45) is 0 Å². The molecular formula is C17H26N2O2. The molecule has 2 aliphatic heterocycles. The highest BCUT2D eigenvalue weighted by atomic mass is 16.5. The van der Waals surface area contributed by atoms with Crippen LogP contribution in [0, 0.1) is 6.92 Å². The number of nitrogens with one attached hydrogen (secondary N) is 1. The minimum atomic E-state index is 0.247. The maximum absolute atomic E-state index is 6.09. The van der Waals surface area contributed by atoms with Crippen LogP contribution in [0.2, 0.25) is 0 Å². The molecule has 1 aromatic rings. The minimum Gasteiger partial charge on any atom is -0.489 e. The predicted molar refractivity (Wildman–Crippen MR) is 85.3 cm³/mol. The molecule has 2 unspecified atom stereocenters. The zero-order valence-electron chi connectivity index (χ0n) is 13.1. The lowest BCUT2D eigenvalue weighted by molar-refractivity contribution is 0.0265. The van der Waals surface area contributed by atoms with E-state index < -0.39 is 0 Å². The number of hydrogen-bond donors (Lipinski definition) is 1. The molecule has 2 fully saturated rings. The molecule has 2 aliphatic rings. The molecule has 4 heteroatoms. The highest BCUT2D eigenvalue weighted by molar-refractivity contribution is 5.60. The summed E-state index contributed by atoms with van der Waals surface area (Å²) in [6.45, 7) is 9.09. The van der Waals surface area contributed by atoms with Crippen LogP contribution in [0.4, 0.5) is 5.69 Å². The monoisotopic (exact) mass is 290 g/mol. The molecule has 0 spiro atoms. The van der Waals surface area contributed by atoms with Crippen LogP contribution in [0.15, 0.2) is 18.2 Å². The van der Waals surface area contributed by atoms with E-state index >= 15 is 0 Å². The molecule has 1 aromatic carbocycles. The Labute approximate surface area is 127 Å². The standard InChI is InChI=1S/C17H26N2O2/c1-13-3-6-17(20-12-15-5-4-14(2)21-15)16(11-13)19-9-7-18-8-10-19/h3,6,11,14-15,18H,4-5,7-10,12H2,1-2H3. The van der Waals surface area contributed by atoms with Crippen molar-refractivity contribution in [1.29, 1.82) is 0 Å². The fraction of sp³-hybridized carbons (Fsp3) is 0.647. The third-order valence-corrected chi connectivity index (χ3v) is 4.32. The first-order valence-electron chi connectivity index (χ1n) is 8.07. The molecule has 0 saturated carbocycles. The summed E-state index contributed by atoms with van der Waals surface area (Å²) in [5.74, 6) is 0.991. The van der Waals surface area contributed by atoms with Gasteiger partial charge in [0.1, 0.15) is 12.4 Å². The second-order valence-corrected chi connectivity index (χ2v) is 6.17. The Morgan fingerprint density at radius 3 is 2.81 bits per heavy atom. The lowest BCUT2D eigenvalue weighted by atomic mass is 10.1. The van der Waals surface area contributed by atoms with Crippen molar-refractivity contribution in [3.8, 4) is 5.75 Å². The smallest absolute Gasteiger partial charge is 0.142 e. The summed E-state index contributed by atoms with van der Waals surface area (Å²) in [5.41, 5.74) is 2.50. The molecule has 21 heavy (non-hydrogen) atoms. The first-order chi connectivity index (χ1) is 10.2. The molecule has 0 radical (unpaired) electrons. The van der Waals surface area contributed by atoms with Crippen LogP contribution in [-0.4, -0.2) is 45.0 Å². The zero-order valence-corrected chi connectivity index (χ0v) is 13.1. The number of piperazine rings is 1. The van der Waals surface area contributed by atoms with Crippen LogP contribution in [0.25, 0.3) is 0 Å². The topological polar surface area (TPSA) is 33.7 Å². The van der Waals surface area contributed by atoms with Gasteiger partial charge in [-0.2, -0.15) is 0 Å². The van der Waals surface area contributed by atoms with Crippen molar-refractivity contribution >= 4 is 5.69 Å². The first-order valence-corrected chi connectivity index (χ1v) is 8.07. The van der Waals surface area contributed by atoms with Gasteiger partial charge in [-0.1, -0.05) is 6.07 Å². The molecule has 0 aliphatic carbocycles. The Balaban J connectivity index is 1.68. The van der Waals surface area contributed by atoms with E-state index in [-0.39, 0.29) is 6.10 Å². The van der Waals surface area contributed by atoms with Crippen molar-refractivity contribution in [3.05, 3.63) is 23.8 Å². The number of rotatable bonds is 4. The van der Waals surface area contributed by atoms with Gasteiger partial charge in [0.05, 0.1) is 17.9 Å². The quantitative estimate of drug-likeness (QED) is 0.923. The lowest BCUT2D eigenvalue weighted by Gasteiger charge is -2.31. The van der Waals surface area contributed by atoms with Gasteiger partial charge in [-0.3, -0.25) is 0 Å². The Hall–Kier alpha value is -1.26. The first kappa shape index (κ1) is 14.7. The minimum absolute atomic E-state index is 0.247. The number of benzene rings is 1. The van der Waals surface area contributed by atoms with E-state index in [1.165, 1.54) is 11.3 Å². The summed E-state index contributed by atoms with van der Waals surface area (Å²) in [4.78, 5) is 2.41. The van der Waals surface area contributed by atoms with Gasteiger partial charge in [-0.05, 0) is 44.4 Å². The molecule has 0 amide bonds. The summed E-state index contributed by atoms with van der Waals surface area (Å²) >= 11 is 0. The summed E-state index contributed by atoms with van der Waals surface area (Å²) in [5, 5.41) is 3.40. The molecular weight excluding hydrogens is 264 g/mol. The summed E-state index contributed by atoms with van der Waals surface area (Å²) in [7, 11) is 0. The zero-order chi connectivity index (χ0) is 14.7.